The molecule has 1 N–H and O–H groups in total. The van der Waals surface area contributed by atoms with Gasteiger partial charge in [0.15, 0.2) is 5.78 Å². The summed E-state index contributed by atoms with van der Waals surface area (Å²) in [6.07, 6.45) is 0. The van der Waals surface area contributed by atoms with E-state index >= 15 is 0 Å². The van der Waals surface area contributed by atoms with E-state index in [9.17, 15) is 9.59 Å². The summed E-state index contributed by atoms with van der Waals surface area (Å²) in [5.41, 5.74) is 3.37. The van der Waals surface area contributed by atoms with E-state index in [2.05, 4.69) is 32.6 Å². The summed E-state index contributed by atoms with van der Waals surface area (Å²) in [6.45, 7) is 6.12. The van der Waals surface area contributed by atoms with Crippen molar-refractivity contribution < 1.29 is 9.59 Å². The molecule has 0 saturated carbocycles. The molecule has 31 heavy (non-hydrogen) atoms. The second kappa shape index (κ2) is 9.96. The van der Waals surface area contributed by atoms with E-state index in [-0.39, 0.29) is 11.7 Å². The van der Waals surface area contributed by atoms with E-state index in [1.54, 1.807) is 29.5 Å². The fourth-order valence-corrected chi connectivity index (χ4v) is 4.54. The highest BCUT2D eigenvalue weighted by Gasteiger charge is 2.20. The van der Waals surface area contributed by atoms with Gasteiger partial charge in [-0.25, -0.2) is 4.98 Å². The maximum atomic E-state index is 12.5. The molecule has 160 valence electrons. The molecule has 2 aromatic carbocycles. The molecule has 1 aromatic heterocycles. The molecule has 6 nitrogen and oxygen atoms in total. The Labute approximate surface area is 186 Å². The Morgan fingerprint density at radius 1 is 0.968 bits per heavy atom. The van der Waals surface area contributed by atoms with Gasteiger partial charge in [0.25, 0.3) is 0 Å². The van der Waals surface area contributed by atoms with Gasteiger partial charge in [-0.15, -0.1) is 11.3 Å². The van der Waals surface area contributed by atoms with Crippen LogP contribution in [0.2, 0.25) is 0 Å². The molecule has 1 aliphatic heterocycles. The molecule has 1 saturated heterocycles. The number of amides is 1. The average Bonchev–Trinajstić information content (AvgIpc) is 3.24. The Morgan fingerprint density at radius 3 is 2.39 bits per heavy atom. The molecule has 1 amide bonds. The van der Waals surface area contributed by atoms with Crippen LogP contribution in [0, 0.1) is 0 Å². The maximum absolute atomic E-state index is 12.5. The molecule has 4 rings (SSSR count). The number of anilines is 1. The van der Waals surface area contributed by atoms with Crippen molar-refractivity contribution >= 4 is 28.7 Å². The second-order valence-corrected chi connectivity index (χ2v) is 8.57. The smallest absolute Gasteiger partial charge is 0.238 e. The van der Waals surface area contributed by atoms with Gasteiger partial charge in [0.05, 0.1) is 17.9 Å². The molecule has 0 unspecified atom stereocenters. The molecule has 1 aliphatic rings. The van der Waals surface area contributed by atoms with Crippen LogP contribution < -0.4 is 5.32 Å². The van der Waals surface area contributed by atoms with Crippen LogP contribution in [0.5, 0.6) is 0 Å². The van der Waals surface area contributed by atoms with Crippen LogP contribution in [0.25, 0.3) is 10.6 Å². The molecule has 1 fully saturated rings. The first-order chi connectivity index (χ1) is 15.1. The first-order valence-electron chi connectivity index (χ1n) is 10.4. The SMILES string of the molecule is CC(=O)c1ccccc1NC(=O)CN1CCN(Cc2csc(-c3ccccc3)n2)CC1. The fraction of sp³-hybridized carbons (Fsp3) is 0.292. The summed E-state index contributed by atoms with van der Waals surface area (Å²) < 4.78 is 0. The summed E-state index contributed by atoms with van der Waals surface area (Å²) in [4.78, 5) is 33.5. The van der Waals surface area contributed by atoms with Crippen LogP contribution in [0.1, 0.15) is 23.0 Å². The third-order valence-corrected chi connectivity index (χ3v) is 6.31. The number of carbonyl (C=O) groups excluding carboxylic acids is 2. The van der Waals surface area contributed by atoms with Gasteiger partial charge in [0, 0.05) is 49.2 Å². The summed E-state index contributed by atoms with van der Waals surface area (Å²) in [5.74, 6) is -0.142. The summed E-state index contributed by atoms with van der Waals surface area (Å²) in [6, 6.07) is 17.4. The zero-order chi connectivity index (χ0) is 21.6. The summed E-state index contributed by atoms with van der Waals surface area (Å²) in [5, 5.41) is 6.07. The highest BCUT2D eigenvalue weighted by molar-refractivity contribution is 7.13. The molecular formula is C24H26N4O2S. The third-order valence-electron chi connectivity index (χ3n) is 5.37. The minimum atomic E-state index is -0.0887. The average molecular weight is 435 g/mol. The van der Waals surface area contributed by atoms with E-state index in [4.69, 9.17) is 4.98 Å². The number of piperazine rings is 1. The molecule has 0 radical (unpaired) electrons. The Kier molecular flexibility index (Phi) is 6.86. The molecular weight excluding hydrogens is 408 g/mol. The van der Waals surface area contributed by atoms with Gasteiger partial charge in [0.1, 0.15) is 5.01 Å². The van der Waals surface area contributed by atoms with Gasteiger partial charge in [0.2, 0.25) is 5.91 Å². The number of carbonyl (C=O) groups is 2. The van der Waals surface area contributed by atoms with Crippen molar-refractivity contribution in [2.24, 2.45) is 0 Å². The number of hydrogen-bond acceptors (Lipinski definition) is 6. The molecule has 0 spiro atoms. The van der Waals surface area contributed by atoms with Gasteiger partial charge in [-0.1, -0.05) is 42.5 Å². The predicted octanol–water partition coefficient (Wildman–Crippen LogP) is 3.77. The number of nitrogens with one attached hydrogen (secondary N) is 1. The number of aromatic nitrogens is 1. The topological polar surface area (TPSA) is 65.5 Å². The van der Waals surface area contributed by atoms with E-state index in [1.807, 2.05) is 24.3 Å². The number of Topliss-reactive ketones (excluding diaryl/α,β-unsaturated/α-hetero) is 1. The highest BCUT2D eigenvalue weighted by atomic mass is 32.1. The number of para-hydroxylation sites is 1. The quantitative estimate of drug-likeness (QED) is 0.574. The normalized spacial score (nSPS) is 15.0. The van der Waals surface area contributed by atoms with Crippen LogP contribution in [0.4, 0.5) is 5.69 Å². The number of rotatable bonds is 7. The highest BCUT2D eigenvalue weighted by Crippen LogP contribution is 2.24. The lowest BCUT2D eigenvalue weighted by Gasteiger charge is -2.33. The van der Waals surface area contributed by atoms with Crippen molar-refractivity contribution in [3.63, 3.8) is 0 Å². The van der Waals surface area contributed by atoms with Crippen LogP contribution in [-0.2, 0) is 11.3 Å². The minimum Gasteiger partial charge on any atom is -0.324 e. The molecule has 3 aromatic rings. The van der Waals surface area contributed by atoms with Crippen molar-refractivity contribution in [1.29, 1.82) is 0 Å². The van der Waals surface area contributed by atoms with Crippen molar-refractivity contribution in [2.45, 2.75) is 13.5 Å². The van der Waals surface area contributed by atoms with Crippen molar-refractivity contribution in [2.75, 3.05) is 38.0 Å². The molecule has 7 heteroatoms. The Balaban J connectivity index is 1.25. The monoisotopic (exact) mass is 434 g/mol. The van der Waals surface area contributed by atoms with Gasteiger partial charge in [-0.05, 0) is 19.1 Å². The largest absolute Gasteiger partial charge is 0.324 e. The summed E-state index contributed by atoms with van der Waals surface area (Å²) in [7, 11) is 0. The third kappa shape index (κ3) is 5.64. The Morgan fingerprint density at radius 2 is 1.65 bits per heavy atom. The van der Waals surface area contributed by atoms with Crippen LogP contribution in [0.3, 0.4) is 0 Å². The molecule has 0 aliphatic carbocycles. The zero-order valence-electron chi connectivity index (χ0n) is 17.6. The predicted molar refractivity (Wildman–Crippen MR) is 124 cm³/mol. The van der Waals surface area contributed by atoms with E-state index in [1.165, 1.54) is 6.92 Å². The number of nitrogens with zero attached hydrogens (tertiary/aromatic N) is 3. The Bertz CT molecular complexity index is 1040. The maximum Gasteiger partial charge on any atom is 0.238 e. The Hall–Kier alpha value is -2.87. The number of ketones is 1. The minimum absolute atomic E-state index is 0.0537. The van der Waals surface area contributed by atoms with Crippen LogP contribution in [0.15, 0.2) is 60.0 Å². The van der Waals surface area contributed by atoms with Gasteiger partial charge in [-0.3, -0.25) is 19.4 Å². The first kappa shape index (κ1) is 21.4. The van der Waals surface area contributed by atoms with Gasteiger partial charge < -0.3 is 5.32 Å². The van der Waals surface area contributed by atoms with E-state index in [0.717, 1.165) is 49.0 Å². The molecule has 0 atom stereocenters. The summed E-state index contributed by atoms with van der Waals surface area (Å²) >= 11 is 1.68. The van der Waals surface area contributed by atoms with Gasteiger partial charge >= 0.3 is 0 Å². The second-order valence-electron chi connectivity index (χ2n) is 7.71. The van der Waals surface area contributed by atoms with Gasteiger partial charge in [-0.2, -0.15) is 0 Å². The van der Waals surface area contributed by atoms with Crippen LogP contribution in [-0.4, -0.2) is 59.2 Å². The van der Waals surface area contributed by atoms with Crippen molar-refractivity contribution in [1.82, 2.24) is 14.8 Å². The molecule has 2 heterocycles. The van der Waals surface area contributed by atoms with Crippen LogP contribution >= 0.6 is 11.3 Å². The van der Waals surface area contributed by atoms with Crippen molar-refractivity contribution in [3.05, 3.63) is 71.2 Å². The number of thiazole rings is 1. The standard InChI is InChI=1S/C24H26N4O2S/c1-18(29)21-9-5-6-10-22(21)26-23(30)16-28-13-11-27(12-14-28)15-20-17-31-24(25-20)19-7-3-2-4-8-19/h2-10,17H,11-16H2,1H3,(H,26,30). The number of benzene rings is 2. The lowest BCUT2D eigenvalue weighted by Crippen LogP contribution is -2.48. The molecule has 0 bridgehead atoms. The number of hydrogen-bond donors (Lipinski definition) is 1. The first-order valence-corrected chi connectivity index (χ1v) is 11.3. The lowest BCUT2D eigenvalue weighted by molar-refractivity contribution is -0.117. The van der Waals surface area contributed by atoms with E-state index in [0.29, 0.717) is 17.8 Å². The van der Waals surface area contributed by atoms with Crippen molar-refractivity contribution in [3.8, 4) is 10.6 Å². The fourth-order valence-electron chi connectivity index (χ4n) is 3.72. The lowest BCUT2D eigenvalue weighted by atomic mass is 10.1. The van der Waals surface area contributed by atoms with E-state index < -0.39 is 0 Å². The zero-order valence-corrected chi connectivity index (χ0v) is 18.4.